The quantitative estimate of drug-likeness (QED) is 0.622. The minimum atomic E-state index is -0.399. The van der Waals surface area contributed by atoms with Crippen LogP contribution in [0.1, 0.15) is 85.0 Å². The third-order valence-corrected chi connectivity index (χ3v) is 10.0. The van der Waals surface area contributed by atoms with Crippen LogP contribution in [0.25, 0.3) is 0 Å². The molecule has 4 saturated carbocycles. The lowest BCUT2D eigenvalue weighted by Gasteiger charge is -2.59. The summed E-state index contributed by atoms with van der Waals surface area (Å²) in [5.41, 5.74) is -0.230. The Hall–Kier alpha value is -1.19. The van der Waals surface area contributed by atoms with Crippen LogP contribution in [-0.4, -0.2) is 24.6 Å². The molecular formula is C25H38O4. The molecule has 4 fully saturated rings. The van der Waals surface area contributed by atoms with Gasteiger partial charge in [-0.15, -0.1) is 0 Å². The van der Waals surface area contributed by atoms with E-state index in [0.29, 0.717) is 36.2 Å². The maximum Gasteiger partial charge on any atom is 0.305 e. The number of ketones is 2. The monoisotopic (exact) mass is 402 g/mol. The SMILES string of the molecule is COC(=O)CC[C@H](C)[C@H]1CC[C@@H]2[C@H]3C(=O)C[C@@H]4CCCC[C@]4(C)[C@H]3CC(=O)[C@@]21C. The van der Waals surface area contributed by atoms with Crippen molar-refractivity contribution in [1.82, 2.24) is 0 Å². The molecule has 4 nitrogen and oxygen atoms in total. The zero-order valence-electron chi connectivity index (χ0n) is 18.7. The molecule has 0 saturated heterocycles. The van der Waals surface area contributed by atoms with Crippen molar-refractivity contribution in [2.24, 2.45) is 46.3 Å². The number of hydrogen-bond acceptors (Lipinski definition) is 4. The average Bonchev–Trinajstić information content (AvgIpc) is 3.05. The highest BCUT2D eigenvalue weighted by molar-refractivity contribution is 5.92. The van der Waals surface area contributed by atoms with E-state index in [1.165, 1.54) is 26.4 Å². The van der Waals surface area contributed by atoms with Crippen molar-refractivity contribution >= 4 is 17.5 Å². The summed E-state index contributed by atoms with van der Waals surface area (Å²) in [6.45, 7) is 6.73. The molecule has 0 aliphatic heterocycles. The van der Waals surface area contributed by atoms with Crippen LogP contribution in [0.3, 0.4) is 0 Å². The Bertz CT molecular complexity index is 699. The lowest BCUT2D eigenvalue weighted by Crippen LogP contribution is -2.59. The maximum atomic E-state index is 13.7. The van der Waals surface area contributed by atoms with Crippen LogP contribution in [0.15, 0.2) is 0 Å². The highest BCUT2D eigenvalue weighted by Crippen LogP contribution is 2.66. The maximum absolute atomic E-state index is 13.7. The number of ether oxygens (including phenoxy) is 1. The van der Waals surface area contributed by atoms with E-state index in [4.69, 9.17) is 4.74 Å². The van der Waals surface area contributed by atoms with E-state index in [1.54, 1.807) is 0 Å². The number of methoxy groups -OCH3 is 1. The highest BCUT2D eigenvalue weighted by atomic mass is 16.5. The Balaban J connectivity index is 1.60. The van der Waals surface area contributed by atoms with Gasteiger partial charge in [0.25, 0.3) is 0 Å². The first-order chi connectivity index (χ1) is 13.7. The molecule has 0 heterocycles. The number of esters is 1. The Labute approximate surface area is 175 Å². The van der Waals surface area contributed by atoms with Gasteiger partial charge in [0.05, 0.1) is 7.11 Å². The molecule has 162 valence electrons. The minimum absolute atomic E-state index is 0.0786. The summed E-state index contributed by atoms with van der Waals surface area (Å²) >= 11 is 0. The van der Waals surface area contributed by atoms with Crippen LogP contribution in [-0.2, 0) is 19.1 Å². The van der Waals surface area contributed by atoms with Crippen LogP contribution in [0.5, 0.6) is 0 Å². The fraction of sp³-hybridized carbons (Fsp3) is 0.880. The van der Waals surface area contributed by atoms with Gasteiger partial charge >= 0.3 is 5.97 Å². The van der Waals surface area contributed by atoms with Crippen LogP contribution in [0.4, 0.5) is 0 Å². The van der Waals surface area contributed by atoms with E-state index in [1.807, 2.05) is 0 Å². The fourth-order valence-corrected chi connectivity index (χ4v) is 8.28. The molecule has 0 unspecified atom stereocenters. The van der Waals surface area contributed by atoms with Crippen molar-refractivity contribution in [3.8, 4) is 0 Å². The van der Waals surface area contributed by atoms with Gasteiger partial charge in [0.1, 0.15) is 11.6 Å². The molecule has 4 rings (SSSR count). The summed E-state index contributed by atoms with van der Waals surface area (Å²) in [5.74, 6) is 2.26. The molecule has 0 radical (unpaired) electrons. The first-order valence-electron chi connectivity index (χ1n) is 11.9. The van der Waals surface area contributed by atoms with Crippen molar-refractivity contribution < 1.29 is 19.1 Å². The molecule has 0 N–H and O–H groups in total. The number of hydrogen-bond donors (Lipinski definition) is 0. The summed E-state index contributed by atoms with van der Waals surface area (Å²) in [7, 11) is 1.43. The molecule has 29 heavy (non-hydrogen) atoms. The lowest BCUT2D eigenvalue weighted by atomic mass is 9.44. The molecule has 0 aromatic carbocycles. The predicted molar refractivity (Wildman–Crippen MR) is 111 cm³/mol. The highest BCUT2D eigenvalue weighted by Gasteiger charge is 2.65. The molecule has 4 aliphatic carbocycles. The van der Waals surface area contributed by atoms with Gasteiger partial charge in [-0.3, -0.25) is 14.4 Å². The molecule has 4 aliphatic rings. The average molecular weight is 403 g/mol. The summed E-state index contributed by atoms with van der Waals surface area (Å²) in [6.07, 6.45) is 9.32. The summed E-state index contributed by atoms with van der Waals surface area (Å²) < 4.78 is 4.81. The van der Waals surface area contributed by atoms with Gasteiger partial charge in [0.2, 0.25) is 0 Å². The smallest absolute Gasteiger partial charge is 0.305 e. The molecule has 4 heteroatoms. The normalized spacial score (nSPS) is 45.2. The summed E-state index contributed by atoms with van der Waals surface area (Å²) in [6, 6.07) is 0. The third-order valence-electron chi connectivity index (χ3n) is 10.0. The molecule has 8 atom stereocenters. The molecule has 0 amide bonds. The molecule has 0 aromatic rings. The van der Waals surface area contributed by atoms with E-state index < -0.39 is 5.41 Å². The van der Waals surface area contributed by atoms with Crippen molar-refractivity contribution in [3.63, 3.8) is 0 Å². The van der Waals surface area contributed by atoms with Gasteiger partial charge in [-0.1, -0.05) is 33.6 Å². The van der Waals surface area contributed by atoms with Gasteiger partial charge < -0.3 is 4.74 Å². The Morgan fingerprint density at radius 2 is 1.86 bits per heavy atom. The number of carbonyl (C=O) groups excluding carboxylic acids is 3. The fourth-order valence-electron chi connectivity index (χ4n) is 8.28. The molecular weight excluding hydrogens is 364 g/mol. The third kappa shape index (κ3) is 3.11. The van der Waals surface area contributed by atoms with E-state index in [-0.39, 0.29) is 35.1 Å². The summed E-state index contributed by atoms with van der Waals surface area (Å²) in [5, 5.41) is 0. The topological polar surface area (TPSA) is 60.4 Å². The first kappa shape index (κ1) is 21.1. The van der Waals surface area contributed by atoms with Crippen LogP contribution < -0.4 is 0 Å². The number of Topliss-reactive ketones (excluding diaryl/α,β-unsaturated/α-hetero) is 2. The van der Waals surface area contributed by atoms with E-state index in [0.717, 1.165) is 32.1 Å². The molecule has 0 aromatic heterocycles. The van der Waals surface area contributed by atoms with E-state index in [2.05, 4.69) is 20.8 Å². The molecule has 0 bridgehead atoms. The van der Waals surface area contributed by atoms with Crippen molar-refractivity contribution in [3.05, 3.63) is 0 Å². The zero-order chi connectivity index (χ0) is 21.0. The summed E-state index contributed by atoms with van der Waals surface area (Å²) in [4.78, 5) is 38.7. The van der Waals surface area contributed by atoms with Crippen LogP contribution >= 0.6 is 0 Å². The Kier molecular flexibility index (Phi) is 5.44. The van der Waals surface area contributed by atoms with Crippen molar-refractivity contribution in [2.45, 2.75) is 85.0 Å². The number of fused-ring (bicyclic) bond motifs is 5. The lowest BCUT2D eigenvalue weighted by molar-refractivity contribution is -0.165. The van der Waals surface area contributed by atoms with Crippen molar-refractivity contribution in [2.75, 3.05) is 7.11 Å². The second-order valence-corrected chi connectivity index (χ2v) is 11.0. The van der Waals surface area contributed by atoms with Gasteiger partial charge in [0.15, 0.2) is 0 Å². The van der Waals surface area contributed by atoms with E-state index >= 15 is 0 Å². The van der Waals surface area contributed by atoms with Gasteiger partial charge in [-0.05, 0) is 67.1 Å². The van der Waals surface area contributed by atoms with Crippen LogP contribution in [0.2, 0.25) is 0 Å². The Morgan fingerprint density at radius 3 is 2.59 bits per heavy atom. The minimum Gasteiger partial charge on any atom is -0.469 e. The Morgan fingerprint density at radius 1 is 1.10 bits per heavy atom. The van der Waals surface area contributed by atoms with Gasteiger partial charge in [-0.25, -0.2) is 0 Å². The second-order valence-electron chi connectivity index (χ2n) is 11.0. The van der Waals surface area contributed by atoms with Crippen molar-refractivity contribution in [1.29, 1.82) is 0 Å². The first-order valence-corrected chi connectivity index (χ1v) is 11.9. The second kappa shape index (κ2) is 7.50. The van der Waals surface area contributed by atoms with Gasteiger partial charge in [0, 0.05) is 30.6 Å². The number of carbonyl (C=O) groups is 3. The largest absolute Gasteiger partial charge is 0.469 e. The van der Waals surface area contributed by atoms with E-state index in [9.17, 15) is 14.4 Å². The standard InChI is InChI=1S/C25H38O4/c1-15(8-11-22(28)29-4)17-9-10-18-23-19(14-21(27)25(17,18)3)24(2)12-6-5-7-16(24)13-20(23)26/h15-19,23H,5-14H2,1-4H3/t15-,16-,17+,18+,19-,23+,24-,25+/m0/s1. The predicted octanol–water partition coefficient (Wildman–Crippen LogP) is 4.98. The zero-order valence-corrected chi connectivity index (χ0v) is 18.7. The van der Waals surface area contributed by atoms with Crippen LogP contribution in [0, 0.1) is 46.3 Å². The molecule has 0 spiro atoms. The van der Waals surface area contributed by atoms with Gasteiger partial charge in [-0.2, -0.15) is 0 Å². The number of rotatable bonds is 4.